The zero-order chi connectivity index (χ0) is 35.1. The Balaban J connectivity index is 1.19. The first-order valence-electron chi connectivity index (χ1n) is 18.0. The molecule has 10 rings (SSSR count). The summed E-state index contributed by atoms with van der Waals surface area (Å²) in [6.45, 7) is 0. The molecule has 0 atom stereocenters. The molecule has 0 saturated carbocycles. The third-order valence-electron chi connectivity index (χ3n) is 10.2. The molecule has 0 spiro atoms. The quantitative estimate of drug-likeness (QED) is 0.156. The van der Waals surface area contributed by atoms with E-state index in [2.05, 4.69) is 216 Å². The molecule has 0 radical (unpaired) electrons. The average molecular weight is 679 g/mol. The Bertz CT molecular complexity index is 2840. The molecule has 0 unspecified atom stereocenters. The van der Waals surface area contributed by atoms with Crippen LogP contribution in [0.4, 0.5) is 34.1 Å². The van der Waals surface area contributed by atoms with E-state index < -0.39 is 0 Å². The van der Waals surface area contributed by atoms with E-state index in [1.807, 2.05) is 0 Å². The standard InChI is InChI=1S/C50H34N2O/c1-5-17-35(18-6-1)41-25-15-16-28-47(41)52(38-23-11-4-12-24-38)39-29-31-44-46(33-39)42-26-13-14-27-43(42)49-45-32-30-40(34-48(45)53-50(44)49)51(36-19-7-2-8-20-36)37-21-9-3-10-22-37/h1-34H. The Morgan fingerprint density at radius 1 is 0.321 bits per heavy atom. The van der Waals surface area contributed by atoms with Crippen LogP contribution in [0.2, 0.25) is 0 Å². The van der Waals surface area contributed by atoms with Gasteiger partial charge in [0.05, 0.1) is 5.69 Å². The van der Waals surface area contributed by atoms with Gasteiger partial charge in [0.25, 0.3) is 0 Å². The van der Waals surface area contributed by atoms with E-state index in [-0.39, 0.29) is 0 Å². The normalized spacial score (nSPS) is 11.4. The van der Waals surface area contributed by atoms with Gasteiger partial charge in [0.1, 0.15) is 11.2 Å². The number of para-hydroxylation sites is 4. The molecule has 1 aromatic heterocycles. The molecule has 0 aliphatic rings. The van der Waals surface area contributed by atoms with Crippen molar-refractivity contribution in [1.82, 2.24) is 0 Å². The summed E-state index contributed by atoms with van der Waals surface area (Å²) in [5.74, 6) is 0. The first-order valence-corrected chi connectivity index (χ1v) is 18.0. The fourth-order valence-corrected chi connectivity index (χ4v) is 7.85. The van der Waals surface area contributed by atoms with Crippen molar-refractivity contribution < 1.29 is 4.42 Å². The number of hydrogen-bond donors (Lipinski definition) is 0. The molecule has 250 valence electrons. The van der Waals surface area contributed by atoms with E-state index in [0.29, 0.717) is 0 Å². The van der Waals surface area contributed by atoms with Crippen LogP contribution in [-0.2, 0) is 0 Å². The van der Waals surface area contributed by atoms with Crippen molar-refractivity contribution in [1.29, 1.82) is 0 Å². The van der Waals surface area contributed by atoms with Gasteiger partial charge in [0.2, 0.25) is 0 Å². The van der Waals surface area contributed by atoms with Crippen molar-refractivity contribution in [2.45, 2.75) is 0 Å². The molecule has 0 aliphatic carbocycles. The van der Waals surface area contributed by atoms with Crippen molar-refractivity contribution in [3.05, 3.63) is 206 Å². The molecule has 9 aromatic carbocycles. The highest BCUT2D eigenvalue weighted by Crippen LogP contribution is 2.46. The fourth-order valence-electron chi connectivity index (χ4n) is 7.85. The number of fused-ring (bicyclic) bond motifs is 8. The first-order chi connectivity index (χ1) is 26.3. The minimum Gasteiger partial charge on any atom is -0.455 e. The van der Waals surface area contributed by atoms with Gasteiger partial charge >= 0.3 is 0 Å². The summed E-state index contributed by atoms with van der Waals surface area (Å²) in [4.78, 5) is 4.65. The second-order valence-corrected chi connectivity index (χ2v) is 13.3. The van der Waals surface area contributed by atoms with E-state index in [4.69, 9.17) is 4.42 Å². The maximum Gasteiger partial charge on any atom is 0.143 e. The number of furan rings is 1. The molecule has 0 fully saturated rings. The Kier molecular flexibility index (Phi) is 7.47. The van der Waals surface area contributed by atoms with E-state index in [1.54, 1.807) is 0 Å². The number of anilines is 6. The molecular weight excluding hydrogens is 645 g/mol. The minimum absolute atomic E-state index is 0.860. The highest BCUT2D eigenvalue weighted by molar-refractivity contribution is 6.30. The molecule has 1 heterocycles. The Morgan fingerprint density at radius 2 is 0.830 bits per heavy atom. The van der Waals surface area contributed by atoms with Crippen LogP contribution in [0.5, 0.6) is 0 Å². The fraction of sp³-hybridized carbons (Fsp3) is 0. The number of nitrogens with zero attached hydrogens (tertiary/aromatic N) is 2. The van der Waals surface area contributed by atoms with Crippen LogP contribution in [0.15, 0.2) is 211 Å². The van der Waals surface area contributed by atoms with E-state index in [9.17, 15) is 0 Å². The lowest BCUT2D eigenvalue weighted by Crippen LogP contribution is -2.11. The third-order valence-corrected chi connectivity index (χ3v) is 10.2. The van der Waals surface area contributed by atoms with Crippen molar-refractivity contribution >= 4 is 77.6 Å². The predicted molar refractivity (Wildman–Crippen MR) is 224 cm³/mol. The van der Waals surface area contributed by atoms with Crippen LogP contribution >= 0.6 is 0 Å². The highest BCUT2D eigenvalue weighted by Gasteiger charge is 2.21. The average Bonchev–Trinajstić information content (AvgIpc) is 3.62. The van der Waals surface area contributed by atoms with Crippen molar-refractivity contribution in [2.24, 2.45) is 0 Å². The van der Waals surface area contributed by atoms with Gasteiger partial charge in [-0.1, -0.05) is 127 Å². The molecule has 0 aliphatic heterocycles. The predicted octanol–water partition coefficient (Wildman–Crippen LogP) is 14.5. The van der Waals surface area contributed by atoms with Gasteiger partial charge in [-0.25, -0.2) is 0 Å². The summed E-state index contributed by atoms with van der Waals surface area (Å²) < 4.78 is 6.94. The largest absolute Gasteiger partial charge is 0.455 e. The Labute approximate surface area is 308 Å². The Hall–Kier alpha value is -7.10. The molecule has 0 saturated heterocycles. The summed E-state index contributed by atoms with van der Waals surface area (Å²) >= 11 is 0. The second kappa shape index (κ2) is 12.9. The second-order valence-electron chi connectivity index (χ2n) is 13.3. The molecule has 0 bridgehead atoms. The van der Waals surface area contributed by atoms with Gasteiger partial charge in [-0.05, 0) is 94.5 Å². The monoisotopic (exact) mass is 678 g/mol. The SMILES string of the molecule is c1ccc(-c2ccccc2N(c2ccccc2)c2ccc3c(c2)c2ccccc2c2c4ccc(N(c5ccccc5)c5ccccc5)cc4oc32)cc1. The van der Waals surface area contributed by atoms with Crippen LogP contribution in [0.25, 0.3) is 54.6 Å². The van der Waals surface area contributed by atoms with Gasteiger partial charge in [-0.2, -0.15) is 0 Å². The van der Waals surface area contributed by atoms with Crippen LogP contribution in [0.3, 0.4) is 0 Å². The van der Waals surface area contributed by atoms with Crippen molar-refractivity contribution in [3.8, 4) is 11.1 Å². The van der Waals surface area contributed by atoms with Crippen molar-refractivity contribution in [2.75, 3.05) is 9.80 Å². The minimum atomic E-state index is 0.860. The highest BCUT2D eigenvalue weighted by atomic mass is 16.3. The third kappa shape index (κ3) is 5.30. The van der Waals surface area contributed by atoms with Crippen LogP contribution in [0, 0.1) is 0 Å². The van der Waals surface area contributed by atoms with E-state index >= 15 is 0 Å². The lowest BCUT2D eigenvalue weighted by atomic mass is 9.96. The maximum absolute atomic E-state index is 6.94. The summed E-state index contributed by atoms with van der Waals surface area (Å²) in [6.07, 6.45) is 0. The first kappa shape index (κ1) is 30.7. The summed E-state index contributed by atoms with van der Waals surface area (Å²) in [7, 11) is 0. The smallest absolute Gasteiger partial charge is 0.143 e. The molecule has 0 N–H and O–H groups in total. The molecule has 0 amide bonds. The zero-order valence-corrected chi connectivity index (χ0v) is 28.9. The van der Waals surface area contributed by atoms with Crippen LogP contribution in [-0.4, -0.2) is 0 Å². The summed E-state index contributed by atoms with van der Waals surface area (Å²) in [6, 6.07) is 73.1. The molecular formula is C50H34N2O. The Morgan fingerprint density at radius 3 is 1.49 bits per heavy atom. The van der Waals surface area contributed by atoms with Gasteiger partial charge in [-0.15, -0.1) is 0 Å². The lowest BCUT2D eigenvalue weighted by molar-refractivity contribution is 0.673. The van der Waals surface area contributed by atoms with Crippen LogP contribution < -0.4 is 9.80 Å². The van der Waals surface area contributed by atoms with E-state index in [0.717, 1.165) is 66.8 Å². The van der Waals surface area contributed by atoms with Gasteiger partial charge in [-0.3, -0.25) is 0 Å². The maximum atomic E-state index is 6.94. The van der Waals surface area contributed by atoms with E-state index in [1.165, 1.54) is 21.9 Å². The number of rotatable bonds is 7. The summed E-state index contributed by atoms with van der Waals surface area (Å²) in [5.41, 5.74) is 10.6. The molecule has 3 nitrogen and oxygen atoms in total. The summed E-state index contributed by atoms with van der Waals surface area (Å²) in [5, 5.41) is 6.86. The lowest BCUT2D eigenvalue weighted by Gasteiger charge is -2.28. The number of benzene rings is 9. The van der Waals surface area contributed by atoms with Gasteiger partial charge in [0.15, 0.2) is 0 Å². The molecule has 10 aromatic rings. The number of hydrogen-bond acceptors (Lipinski definition) is 3. The van der Waals surface area contributed by atoms with Gasteiger partial charge < -0.3 is 14.2 Å². The molecule has 53 heavy (non-hydrogen) atoms. The van der Waals surface area contributed by atoms with Gasteiger partial charge in [0, 0.05) is 56.2 Å². The van der Waals surface area contributed by atoms with Crippen molar-refractivity contribution in [3.63, 3.8) is 0 Å². The topological polar surface area (TPSA) is 19.6 Å². The zero-order valence-electron chi connectivity index (χ0n) is 28.9. The van der Waals surface area contributed by atoms with Crippen LogP contribution in [0.1, 0.15) is 0 Å². The molecule has 3 heteroatoms.